The first-order valence-electron chi connectivity index (χ1n) is 9.12. The zero-order chi connectivity index (χ0) is 23.5. The fourth-order valence-electron chi connectivity index (χ4n) is 3.04. The standard InChI is InChI=1S/C21H16F7N3O/c1-32-19-17(18(30-11-31-19)13-2-4-16(22)5-3-13)10-29-9-12-6-14(20(23,24)25)8-15(7-12)21(26,27)28/h2-8,11,29H,9-10H2,1H3. The van der Waals surface area contributed by atoms with Crippen molar-refractivity contribution in [3.63, 3.8) is 0 Å². The third-order valence-electron chi connectivity index (χ3n) is 4.50. The molecule has 0 aliphatic rings. The molecule has 32 heavy (non-hydrogen) atoms. The van der Waals surface area contributed by atoms with E-state index in [1.165, 1.54) is 37.7 Å². The zero-order valence-corrected chi connectivity index (χ0v) is 16.5. The molecule has 11 heteroatoms. The summed E-state index contributed by atoms with van der Waals surface area (Å²) in [5.74, 6) is -0.300. The quantitative estimate of drug-likeness (QED) is 0.487. The monoisotopic (exact) mass is 459 g/mol. The molecule has 0 bridgehead atoms. The summed E-state index contributed by atoms with van der Waals surface area (Å²) in [4.78, 5) is 8.13. The van der Waals surface area contributed by atoms with E-state index < -0.39 is 29.3 Å². The lowest BCUT2D eigenvalue weighted by molar-refractivity contribution is -0.143. The van der Waals surface area contributed by atoms with Crippen LogP contribution >= 0.6 is 0 Å². The van der Waals surface area contributed by atoms with Gasteiger partial charge in [-0.05, 0) is 48.0 Å². The molecule has 0 atom stereocenters. The molecule has 3 aromatic rings. The molecule has 0 aliphatic heterocycles. The first-order chi connectivity index (χ1) is 15.0. The van der Waals surface area contributed by atoms with Crippen molar-refractivity contribution in [1.29, 1.82) is 0 Å². The highest BCUT2D eigenvalue weighted by molar-refractivity contribution is 5.64. The van der Waals surface area contributed by atoms with Crippen LogP contribution in [0.25, 0.3) is 11.3 Å². The molecule has 1 N–H and O–H groups in total. The molecule has 0 saturated carbocycles. The number of rotatable bonds is 6. The van der Waals surface area contributed by atoms with Crippen LogP contribution in [-0.4, -0.2) is 17.1 Å². The summed E-state index contributed by atoms with van der Waals surface area (Å²) in [5.41, 5.74) is -1.67. The number of hydrogen-bond donors (Lipinski definition) is 1. The average molecular weight is 459 g/mol. The Morgan fingerprint density at radius 2 is 1.44 bits per heavy atom. The first kappa shape index (κ1) is 23.5. The number of nitrogens with one attached hydrogen (secondary N) is 1. The van der Waals surface area contributed by atoms with E-state index in [0.29, 0.717) is 29.0 Å². The van der Waals surface area contributed by atoms with Crippen molar-refractivity contribution < 1.29 is 35.5 Å². The van der Waals surface area contributed by atoms with Crippen LogP contribution < -0.4 is 10.1 Å². The average Bonchev–Trinajstić information content (AvgIpc) is 2.73. The fourth-order valence-corrected chi connectivity index (χ4v) is 3.04. The van der Waals surface area contributed by atoms with E-state index in [4.69, 9.17) is 4.74 Å². The molecular weight excluding hydrogens is 443 g/mol. The van der Waals surface area contributed by atoms with Gasteiger partial charge in [0, 0.05) is 18.7 Å². The second-order valence-electron chi connectivity index (χ2n) is 6.73. The van der Waals surface area contributed by atoms with Crippen LogP contribution in [-0.2, 0) is 25.4 Å². The Labute approximate surface area is 178 Å². The molecule has 4 nitrogen and oxygen atoms in total. The minimum atomic E-state index is -4.93. The van der Waals surface area contributed by atoms with E-state index in [1.807, 2.05) is 0 Å². The predicted octanol–water partition coefficient (Wildman–Crippen LogP) is 5.62. The van der Waals surface area contributed by atoms with Crippen LogP contribution in [0.1, 0.15) is 22.3 Å². The Kier molecular flexibility index (Phi) is 6.68. The molecule has 0 fully saturated rings. The summed E-state index contributed by atoms with van der Waals surface area (Å²) in [6.07, 6.45) is -8.63. The number of halogens is 7. The Morgan fingerprint density at radius 1 is 0.844 bits per heavy atom. The van der Waals surface area contributed by atoms with Crippen molar-refractivity contribution in [2.75, 3.05) is 7.11 Å². The topological polar surface area (TPSA) is 47.0 Å². The van der Waals surface area contributed by atoms with Crippen LogP contribution in [0.2, 0.25) is 0 Å². The number of nitrogens with zero attached hydrogens (tertiary/aromatic N) is 2. The van der Waals surface area contributed by atoms with Crippen molar-refractivity contribution in [3.8, 4) is 17.1 Å². The number of aromatic nitrogens is 2. The summed E-state index contributed by atoms with van der Waals surface area (Å²) in [7, 11) is 1.35. The Morgan fingerprint density at radius 3 is 1.97 bits per heavy atom. The van der Waals surface area contributed by atoms with Crippen LogP contribution in [0, 0.1) is 5.82 Å². The third-order valence-corrected chi connectivity index (χ3v) is 4.50. The highest BCUT2D eigenvalue weighted by atomic mass is 19.4. The van der Waals surface area contributed by atoms with Gasteiger partial charge in [-0.3, -0.25) is 0 Å². The summed E-state index contributed by atoms with van der Waals surface area (Å²) in [5, 5.41) is 2.80. The number of methoxy groups -OCH3 is 1. The second-order valence-corrected chi connectivity index (χ2v) is 6.73. The molecule has 3 rings (SSSR count). The first-order valence-corrected chi connectivity index (χ1v) is 9.12. The summed E-state index contributed by atoms with van der Waals surface area (Å²) in [6, 6.07) is 6.78. The van der Waals surface area contributed by atoms with Gasteiger partial charge in [0.1, 0.15) is 12.1 Å². The molecule has 0 radical (unpaired) electrons. The summed E-state index contributed by atoms with van der Waals surface area (Å²) < 4.78 is 96.7. The fraction of sp³-hybridized carbons (Fsp3) is 0.238. The lowest BCUT2D eigenvalue weighted by Crippen LogP contribution is -2.17. The van der Waals surface area contributed by atoms with E-state index >= 15 is 0 Å². The van der Waals surface area contributed by atoms with Gasteiger partial charge in [0.15, 0.2) is 0 Å². The second kappa shape index (κ2) is 9.11. The molecule has 0 amide bonds. The van der Waals surface area contributed by atoms with Crippen LogP contribution in [0.3, 0.4) is 0 Å². The Balaban J connectivity index is 1.88. The van der Waals surface area contributed by atoms with Gasteiger partial charge in [-0.2, -0.15) is 26.3 Å². The van der Waals surface area contributed by atoms with E-state index in [-0.39, 0.29) is 30.6 Å². The van der Waals surface area contributed by atoms with Crippen LogP contribution in [0.4, 0.5) is 30.7 Å². The molecule has 170 valence electrons. The minimum absolute atomic E-state index is 0.0334. The third kappa shape index (κ3) is 5.52. The normalized spacial score (nSPS) is 12.1. The Hall–Kier alpha value is -3.21. The summed E-state index contributed by atoms with van der Waals surface area (Å²) >= 11 is 0. The molecule has 2 aromatic carbocycles. The summed E-state index contributed by atoms with van der Waals surface area (Å²) in [6.45, 7) is -0.331. The van der Waals surface area contributed by atoms with Gasteiger partial charge in [0.2, 0.25) is 5.88 Å². The smallest absolute Gasteiger partial charge is 0.416 e. The number of benzene rings is 2. The maximum Gasteiger partial charge on any atom is 0.416 e. The largest absolute Gasteiger partial charge is 0.481 e. The zero-order valence-electron chi connectivity index (χ0n) is 16.5. The minimum Gasteiger partial charge on any atom is -0.481 e. The predicted molar refractivity (Wildman–Crippen MR) is 101 cm³/mol. The van der Waals surface area contributed by atoms with E-state index in [0.717, 1.165) is 0 Å². The van der Waals surface area contributed by atoms with Gasteiger partial charge in [-0.15, -0.1) is 0 Å². The number of alkyl halides is 6. The molecule has 1 heterocycles. The van der Waals surface area contributed by atoms with Crippen molar-refractivity contribution >= 4 is 0 Å². The van der Waals surface area contributed by atoms with Gasteiger partial charge in [0.25, 0.3) is 0 Å². The molecular formula is C21H16F7N3O. The molecule has 0 spiro atoms. The maximum atomic E-state index is 13.2. The van der Waals surface area contributed by atoms with Crippen LogP contribution in [0.5, 0.6) is 5.88 Å². The molecule has 0 aliphatic carbocycles. The van der Waals surface area contributed by atoms with Crippen molar-refractivity contribution in [2.24, 2.45) is 0 Å². The SMILES string of the molecule is COc1ncnc(-c2ccc(F)cc2)c1CNCc1cc(C(F)(F)F)cc(C(F)(F)F)c1. The highest BCUT2D eigenvalue weighted by Crippen LogP contribution is 2.36. The lowest BCUT2D eigenvalue weighted by Gasteiger charge is -2.16. The maximum absolute atomic E-state index is 13.2. The molecule has 0 unspecified atom stereocenters. The van der Waals surface area contributed by atoms with Gasteiger partial charge < -0.3 is 10.1 Å². The number of hydrogen-bond acceptors (Lipinski definition) is 4. The van der Waals surface area contributed by atoms with Gasteiger partial charge in [0.05, 0.1) is 29.5 Å². The van der Waals surface area contributed by atoms with E-state index in [9.17, 15) is 30.7 Å². The number of ether oxygens (including phenoxy) is 1. The highest BCUT2D eigenvalue weighted by Gasteiger charge is 2.36. The Bertz CT molecular complexity index is 1050. The van der Waals surface area contributed by atoms with Gasteiger partial charge in [-0.25, -0.2) is 14.4 Å². The van der Waals surface area contributed by atoms with Crippen molar-refractivity contribution in [1.82, 2.24) is 15.3 Å². The van der Waals surface area contributed by atoms with Gasteiger partial charge >= 0.3 is 12.4 Å². The van der Waals surface area contributed by atoms with Crippen molar-refractivity contribution in [3.05, 3.63) is 76.9 Å². The van der Waals surface area contributed by atoms with Gasteiger partial charge in [-0.1, -0.05) is 0 Å². The van der Waals surface area contributed by atoms with E-state index in [1.54, 1.807) is 0 Å². The van der Waals surface area contributed by atoms with Crippen LogP contribution in [0.15, 0.2) is 48.8 Å². The van der Waals surface area contributed by atoms with Crippen molar-refractivity contribution in [2.45, 2.75) is 25.4 Å². The van der Waals surface area contributed by atoms with E-state index in [2.05, 4.69) is 15.3 Å². The lowest BCUT2D eigenvalue weighted by atomic mass is 10.0. The molecule has 1 aromatic heterocycles. The molecule has 0 saturated heterocycles.